The molecule has 0 bridgehead atoms. The Labute approximate surface area is 133 Å². The maximum atomic E-state index is 11.3. The van der Waals surface area contributed by atoms with E-state index in [9.17, 15) is 4.79 Å². The molecule has 1 amide bonds. The van der Waals surface area contributed by atoms with Gasteiger partial charge in [0.1, 0.15) is 11.8 Å². The summed E-state index contributed by atoms with van der Waals surface area (Å²) < 4.78 is 11.4. The highest BCUT2D eigenvalue weighted by molar-refractivity contribution is 5.94. The van der Waals surface area contributed by atoms with Crippen molar-refractivity contribution in [2.45, 2.75) is 19.4 Å². The number of nitrogens with zero attached hydrogens (tertiary/aromatic N) is 2. The van der Waals surface area contributed by atoms with E-state index in [0.717, 1.165) is 22.8 Å². The van der Waals surface area contributed by atoms with Crippen molar-refractivity contribution in [2.24, 2.45) is 0 Å². The number of anilines is 2. The Morgan fingerprint density at radius 3 is 3.22 bits per heavy atom. The fraction of sp³-hybridized carbons (Fsp3) is 0.312. The smallest absolute Gasteiger partial charge is 0.262 e. The van der Waals surface area contributed by atoms with E-state index in [1.165, 1.54) is 0 Å². The normalized spacial score (nSPS) is 18.7. The zero-order chi connectivity index (χ0) is 15.8. The van der Waals surface area contributed by atoms with Crippen LogP contribution in [0.5, 0.6) is 11.6 Å². The van der Waals surface area contributed by atoms with Crippen LogP contribution in [0.2, 0.25) is 0 Å². The molecule has 2 N–H and O–H groups in total. The van der Waals surface area contributed by atoms with Crippen molar-refractivity contribution in [3.05, 3.63) is 35.7 Å². The first kappa shape index (κ1) is 13.8. The number of fused-ring (bicyclic) bond motifs is 2. The van der Waals surface area contributed by atoms with E-state index in [1.807, 2.05) is 31.3 Å². The lowest BCUT2D eigenvalue weighted by molar-refractivity contribution is -0.118. The molecule has 0 saturated heterocycles. The van der Waals surface area contributed by atoms with Crippen LogP contribution in [-0.4, -0.2) is 35.1 Å². The molecule has 0 fully saturated rings. The van der Waals surface area contributed by atoms with Crippen molar-refractivity contribution >= 4 is 17.4 Å². The van der Waals surface area contributed by atoms with E-state index in [1.54, 1.807) is 0 Å². The third-order valence-electron chi connectivity index (χ3n) is 3.75. The van der Waals surface area contributed by atoms with Gasteiger partial charge in [0, 0.05) is 18.3 Å². The Morgan fingerprint density at radius 2 is 2.30 bits per heavy atom. The Balaban J connectivity index is 1.50. The van der Waals surface area contributed by atoms with Crippen molar-refractivity contribution < 1.29 is 14.3 Å². The van der Waals surface area contributed by atoms with Crippen LogP contribution in [0.15, 0.2) is 24.4 Å². The molecule has 2 aromatic rings. The number of carbonyl (C=O) groups excluding carboxylic acids is 1. The van der Waals surface area contributed by atoms with Gasteiger partial charge in [-0.1, -0.05) is 0 Å². The van der Waals surface area contributed by atoms with Crippen LogP contribution in [-0.2, 0) is 11.2 Å². The summed E-state index contributed by atoms with van der Waals surface area (Å²) in [6, 6.07) is 5.66. The fourth-order valence-electron chi connectivity index (χ4n) is 2.66. The molecule has 2 aliphatic rings. The molecule has 7 heteroatoms. The number of aryl methyl sites for hydroxylation is 1. The summed E-state index contributed by atoms with van der Waals surface area (Å²) in [6.07, 6.45) is 2.42. The van der Waals surface area contributed by atoms with Crippen LogP contribution in [0, 0.1) is 6.92 Å². The molecule has 0 aromatic carbocycles. The molecule has 118 valence electrons. The minimum Gasteiger partial charge on any atom is -0.484 e. The van der Waals surface area contributed by atoms with Crippen molar-refractivity contribution in [3.8, 4) is 11.6 Å². The predicted molar refractivity (Wildman–Crippen MR) is 83.9 cm³/mol. The minimum absolute atomic E-state index is 0.00323. The molecule has 23 heavy (non-hydrogen) atoms. The first-order valence-corrected chi connectivity index (χ1v) is 7.47. The number of aromatic nitrogens is 2. The number of carbonyl (C=O) groups is 1. The molecular weight excluding hydrogens is 296 g/mol. The van der Waals surface area contributed by atoms with Gasteiger partial charge < -0.3 is 20.1 Å². The highest BCUT2D eigenvalue weighted by Gasteiger charge is 2.23. The topological polar surface area (TPSA) is 85.4 Å². The first-order valence-electron chi connectivity index (χ1n) is 7.47. The molecule has 4 rings (SSSR count). The van der Waals surface area contributed by atoms with Crippen LogP contribution in [0.1, 0.15) is 11.3 Å². The highest BCUT2D eigenvalue weighted by atomic mass is 16.5. The molecule has 7 nitrogen and oxygen atoms in total. The predicted octanol–water partition coefficient (Wildman–Crippen LogP) is 1.53. The monoisotopic (exact) mass is 312 g/mol. The molecule has 1 atom stereocenters. The molecule has 1 unspecified atom stereocenters. The summed E-state index contributed by atoms with van der Waals surface area (Å²) in [5, 5.41) is 6.01. The largest absolute Gasteiger partial charge is 0.484 e. The average Bonchev–Trinajstić information content (AvgIpc) is 2.54. The number of nitrogens with one attached hydrogen (secondary N) is 2. The van der Waals surface area contributed by atoms with Gasteiger partial charge >= 0.3 is 0 Å². The molecule has 4 heterocycles. The Morgan fingerprint density at radius 1 is 1.39 bits per heavy atom. The number of amides is 1. The maximum absolute atomic E-state index is 11.3. The van der Waals surface area contributed by atoms with Gasteiger partial charge in [-0.05, 0) is 30.7 Å². The average molecular weight is 312 g/mol. The van der Waals surface area contributed by atoms with Gasteiger partial charge in [0.15, 0.2) is 18.2 Å². The third-order valence-corrected chi connectivity index (χ3v) is 3.75. The molecule has 2 aromatic heterocycles. The van der Waals surface area contributed by atoms with Gasteiger partial charge in [-0.2, -0.15) is 0 Å². The summed E-state index contributed by atoms with van der Waals surface area (Å²) >= 11 is 0. The second-order valence-corrected chi connectivity index (χ2v) is 5.68. The zero-order valence-corrected chi connectivity index (χ0v) is 12.6. The summed E-state index contributed by atoms with van der Waals surface area (Å²) in [4.78, 5) is 20.0. The van der Waals surface area contributed by atoms with Gasteiger partial charge in [0.25, 0.3) is 5.91 Å². The minimum atomic E-state index is -0.161. The Bertz CT molecular complexity index is 778. The standard InChI is InChI=1S/C16H16N4O3/c1-9-4-13-15(17-6-9)18-7-11(23-13)5-10-2-3-12-16(19-10)22-8-14(21)20-12/h2-4,6,11H,5,7-8H2,1H3,(H,17,18)(H,20,21). The Hall–Kier alpha value is -2.83. The molecule has 0 saturated carbocycles. The van der Waals surface area contributed by atoms with Gasteiger partial charge in [-0.15, -0.1) is 0 Å². The number of rotatable bonds is 2. The van der Waals surface area contributed by atoms with Gasteiger partial charge in [-0.25, -0.2) is 9.97 Å². The van der Waals surface area contributed by atoms with Crippen LogP contribution in [0.3, 0.4) is 0 Å². The first-order chi connectivity index (χ1) is 11.2. The number of hydrogen-bond donors (Lipinski definition) is 2. The molecule has 0 spiro atoms. The van der Waals surface area contributed by atoms with E-state index < -0.39 is 0 Å². The molecule has 0 radical (unpaired) electrons. The van der Waals surface area contributed by atoms with E-state index in [4.69, 9.17) is 9.47 Å². The summed E-state index contributed by atoms with van der Waals surface area (Å²) in [5.74, 6) is 1.84. The van der Waals surface area contributed by atoms with E-state index in [2.05, 4.69) is 20.6 Å². The number of pyridine rings is 2. The zero-order valence-electron chi connectivity index (χ0n) is 12.6. The lowest BCUT2D eigenvalue weighted by atomic mass is 10.1. The SMILES string of the molecule is Cc1cnc2c(c1)OC(Cc1ccc3c(n1)OCC(=O)N3)CN2. The Kier molecular flexibility index (Phi) is 3.25. The van der Waals surface area contributed by atoms with Crippen LogP contribution in [0.25, 0.3) is 0 Å². The summed E-state index contributed by atoms with van der Waals surface area (Å²) in [6.45, 7) is 2.65. The summed E-state index contributed by atoms with van der Waals surface area (Å²) in [5.41, 5.74) is 2.52. The molecule has 2 aliphatic heterocycles. The number of ether oxygens (including phenoxy) is 2. The maximum Gasteiger partial charge on any atom is 0.262 e. The summed E-state index contributed by atoms with van der Waals surface area (Å²) in [7, 11) is 0. The van der Waals surface area contributed by atoms with Gasteiger partial charge in [-0.3, -0.25) is 4.79 Å². The van der Waals surface area contributed by atoms with Crippen molar-refractivity contribution in [2.75, 3.05) is 23.8 Å². The van der Waals surface area contributed by atoms with Crippen molar-refractivity contribution in [3.63, 3.8) is 0 Å². The highest BCUT2D eigenvalue weighted by Crippen LogP contribution is 2.29. The van der Waals surface area contributed by atoms with Crippen molar-refractivity contribution in [1.82, 2.24) is 9.97 Å². The molecule has 0 aliphatic carbocycles. The quantitative estimate of drug-likeness (QED) is 0.875. The van der Waals surface area contributed by atoms with E-state index in [0.29, 0.717) is 24.5 Å². The van der Waals surface area contributed by atoms with Gasteiger partial charge in [0.05, 0.1) is 6.54 Å². The van der Waals surface area contributed by atoms with Crippen LogP contribution < -0.4 is 20.1 Å². The second-order valence-electron chi connectivity index (χ2n) is 5.68. The van der Waals surface area contributed by atoms with E-state index >= 15 is 0 Å². The second kappa shape index (κ2) is 5.42. The van der Waals surface area contributed by atoms with Crippen LogP contribution >= 0.6 is 0 Å². The lowest BCUT2D eigenvalue weighted by Crippen LogP contribution is -2.33. The van der Waals surface area contributed by atoms with Crippen molar-refractivity contribution in [1.29, 1.82) is 0 Å². The van der Waals surface area contributed by atoms with E-state index in [-0.39, 0.29) is 18.6 Å². The lowest BCUT2D eigenvalue weighted by Gasteiger charge is -2.27. The molecular formula is C16H16N4O3. The van der Waals surface area contributed by atoms with Crippen LogP contribution in [0.4, 0.5) is 11.5 Å². The number of hydrogen-bond acceptors (Lipinski definition) is 6. The fourth-order valence-corrected chi connectivity index (χ4v) is 2.66. The van der Waals surface area contributed by atoms with Gasteiger partial charge in [0.2, 0.25) is 5.88 Å². The third kappa shape index (κ3) is 2.77.